The van der Waals surface area contributed by atoms with Crippen LogP contribution in [-0.2, 0) is 0 Å². The summed E-state index contributed by atoms with van der Waals surface area (Å²) in [6, 6.07) is 4.30. The van der Waals surface area contributed by atoms with Crippen LogP contribution in [-0.4, -0.2) is 12.5 Å². The van der Waals surface area contributed by atoms with Crippen LogP contribution in [0.15, 0.2) is 23.2 Å². The molecule has 82 valence electrons. The maximum Gasteiger partial charge on any atom is 0.210 e. The molecule has 0 aliphatic carbocycles. The topological polar surface area (TPSA) is 62.4 Å². The predicted molar refractivity (Wildman–Crippen MR) is 60.3 cm³/mol. The molecule has 0 aromatic heterocycles. The first kappa shape index (κ1) is 11.7. The van der Waals surface area contributed by atoms with Crippen LogP contribution in [0.4, 0.5) is 10.1 Å². The van der Waals surface area contributed by atoms with E-state index < -0.39 is 5.82 Å². The van der Waals surface area contributed by atoms with E-state index in [-0.39, 0.29) is 5.69 Å². The first-order valence-electron chi connectivity index (χ1n) is 4.40. The first-order chi connectivity index (χ1) is 7.17. The van der Waals surface area contributed by atoms with Crippen LogP contribution in [0.25, 0.3) is 0 Å². The van der Waals surface area contributed by atoms with Crippen molar-refractivity contribution in [2.45, 2.75) is 6.92 Å². The molecule has 0 amide bonds. The van der Waals surface area contributed by atoms with Crippen molar-refractivity contribution in [2.24, 2.45) is 10.8 Å². The van der Waals surface area contributed by atoms with Gasteiger partial charge < -0.3 is 5.32 Å². The average Bonchev–Trinajstić information content (AvgIpc) is 2.21. The zero-order valence-corrected chi connectivity index (χ0v) is 8.98. The van der Waals surface area contributed by atoms with E-state index in [0.29, 0.717) is 17.5 Å². The summed E-state index contributed by atoms with van der Waals surface area (Å²) in [5, 5.41) is 3.05. The molecule has 1 rings (SSSR count). The number of nitrogens with zero attached hydrogens (tertiary/aromatic N) is 1. The third kappa shape index (κ3) is 3.38. The molecule has 4 nitrogen and oxygen atoms in total. The Hall–Kier alpha value is -1.33. The number of benzene rings is 1. The summed E-state index contributed by atoms with van der Waals surface area (Å²) in [4.78, 5) is 3.97. The highest BCUT2D eigenvalue weighted by Crippen LogP contribution is 2.18. The standard InChI is InChI=1S/C9H12ClFN4/c1-2-13-9(15-12)14-8-4-3-6(10)5-7(8)11/h3-5H,2,12H2,1H3,(H2,13,14,15). The molecule has 0 radical (unpaired) electrons. The lowest BCUT2D eigenvalue weighted by atomic mass is 10.3. The van der Waals surface area contributed by atoms with Crippen LogP contribution >= 0.6 is 11.6 Å². The molecule has 4 N–H and O–H groups in total. The molecule has 0 unspecified atom stereocenters. The largest absolute Gasteiger partial charge is 0.323 e. The Bertz CT molecular complexity index is 367. The number of anilines is 1. The summed E-state index contributed by atoms with van der Waals surface area (Å²) in [5.41, 5.74) is 2.60. The van der Waals surface area contributed by atoms with E-state index in [1.807, 2.05) is 6.92 Å². The monoisotopic (exact) mass is 230 g/mol. The summed E-state index contributed by atoms with van der Waals surface area (Å²) in [6.45, 7) is 2.39. The number of halogens is 2. The number of nitrogens with two attached hydrogens (primary N) is 1. The zero-order valence-electron chi connectivity index (χ0n) is 8.22. The van der Waals surface area contributed by atoms with Crippen molar-refractivity contribution in [2.75, 3.05) is 11.9 Å². The molecule has 0 aliphatic heterocycles. The highest BCUT2D eigenvalue weighted by atomic mass is 35.5. The normalized spacial score (nSPS) is 11.3. The molecule has 0 heterocycles. The summed E-state index contributed by atoms with van der Waals surface area (Å²) in [6.07, 6.45) is 0. The molecule has 1 aromatic carbocycles. The van der Waals surface area contributed by atoms with Gasteiger partial charge in [0.2, 0.25) is 5.96 Å². The summed E-state index contributed by atoms with van der Waals surface area (Å²) in [7, 11) is 0. The van der Waals surface area contributed by atoms with Gasteiger partial charge in [0.25, 0.3) is 0 Å². The van der Waals surface area contributed by atoms with Crippen LogP contribution in [0, 0.1) is 5.82 Å². The zero-order chi connectivity index (χ0) is 11.3. The van der Waals surface area contributed by atoms with Gasteiger partial charge in [-0.3, -0.25) is 10.4 Å². The smallest absolute Gasteiger partial charge is 0.210 e. The lowest BCUT2D eigenvalue weighted by Crippen LogP contribution is -2.36. The summed E-state index contributed by atoms with van der Waals surface area (Å²) >= 11 is 5.61. The van der Waals surface area contributed by atoms with Crippen molar-refractivity contribution >= 4 is 23.2 Å². The van der Waals surface area contributed by atoms with Crippen molar-refractivity contribution < 1.29 is 4.39 Å². The van der Waals surface area contributed by atoms with Gasteiger partial charge in [-0.05, 0) is 25.1 Å². The Morgan fingerprint density at radius 3 is 2.87 bits per heavy atom. The fourth-order valence-corrected chi connectivity index (χ4v) is 1.16. The van der Waals surface area contributed by atoms with E-state index in [0.717, 1.165) is 0 Å². The van der Waals surface area contributed by atoms with E-state index in [9.17, 15) is 4.39 Å². The second-order valence-electron chi connectivity index (χ2n) is 2.72. The highest BCUT2D eigenvalue weighted by molar-refractivity contribution is 6.30. The van der Waals surface area contributed by atoms with Crippen LogP contribution in [0.3, 0.4) is 0 Å². The molecular formula is C9H12ClFN4. The second-order valence-corrected chi connectivity index (χ2v) is 3.15. The van der Waals surface area contributed by atoms with Gasteiger partial charge in [-0.2, -0.15) is 0 Å². The molecular weight excluding hydrogens is 219 g/mol. The second kappa shape index (κ2) is 5.53. The molecule has 6 heteroatoms. The van der Waals surface area contributed by atoms with Gasteiger partial charge in [-0.1, -0.05) is 11.6 Å². The number of rotatable bonds is 2. The van der Waals surface area contributed by atoms with Crippen LogP contribution < -0.4 is 16.6 Å². The number of nitrogens with one attached hydrogen (secondary N) is 2. The van der Waals surface area contributed by atoms with Gasteiger partial charge in [0, 0.05) is 11.6 Å². The van der Waals surface area contributed by atoms with Crippen molar-refractivity contribution in [3.63, 3.8) is 0 Å². The van der Waals surface area contributed by atoms with Gasteiger partial charge in [0.1, 0.15) is 5.82 Å². The summed E-state index contributed by atoms with van der Waals surface area (Å²) in [5.74, 6) is 5.04. The van der Waals surface area contributed by atoms with E-state index in [1.165, 1.54) is 12.1 Å². The van der Waals surface area contributed by atoms with Gasteiger partial charge in [0.15, 0.2) is 0 Å². The Morgan fingerprint density at radius 2 is 2.33 bits per heavy atom. The number of aliphatic imine (C=N–C) groups is 1. The SMILES string of the molecule is CCN=C(NN)Nc1ccc(Cl)cc1F. The molecule has 0 aliphatic rings. The molecule has 0 saturated carbocycles. The third-order valence-corrected chi connectivity index (χ3v) is 1.87. The molecule has 0 spiro atoms. The van der Waals surface area contributed by atoms with E-state index in [1.54, 1.807) is 6.07 Å². The fraction of sp³-hybridized carbons (Fsp3) is 0.222. The van der Waals surface area contributed by atoms with Crippen LogP contribution in [0.1, 0.15) is 6.92 Å². The molecule has 0 saturated heterocycles. The Balaban J connectivity index is 2.84. The maximum absolute atomic E-state index is 13.3. The van der Waals surface area contributed by atoms with Crippen molar-refractivity contribution in [1.29, 1.82) is 0 Å². The lowest BCUT2D eigenvalue weighted by Gasteiger charge is -2.09. The predicted octanol–water partition coefficient (Wildman–Crippen LogP) is 1.73. The number of guanidine groups is 1. The minimum absolute atomic E-state index is 0.268. The third-order valence-electron chi connectivity index (χ3n) is 1.64. The lowest BCUT2D eigenvalue weighted by molar-refractivity contribution is 0.632. The van der Waals surface area contributed by atoms with Gasteiger partial charge in [-0.25, -0.2) is 10.2 Å². The number of hydrogen-bond acceptors (Lipinski definition) is 2. The summed E-state index contributed by atoms with van der Waals surface area (Å²) < 4.78 is 13.3. The maximum atomic E-state index is 13.3. The van der Waals surface area contributed by atoms with Crippen molar-refractivity contribution in [1.82, 2.24) is 5.43 Å². The van der Waals surface area contributed by atoms with Gasteiger partial charge >= 0.3 is 0 Å². The number of hydrogen-bond donors (Lipinski definition) is 3. The van der Waals surface area contributed by atoms with Crippen LogP contribution in [0.2, 0.25) is 5.02 Å². The Labute approximate surface area is 92.3 Å². The van der Waals surface area contributed by atoms with Crippen molar-refractivity contribution in [3.8, 4) is 0 Å². The highest BCUT2D eigenvalue weighted by Gasteiger charge is 2.04. The minimum Gasteiger partial charge on any atom is -0.323 e. The van der Waals surface area contributed by atoms with E-state index >= 15 is 0 Å². The first-order valence-corrected chi connectivity index (χ1v) is 4.78. The quantitative estimate of drug-likeness (QED) is 0.314. The van der Waals surface area contributed by atoms with E-state index in [2.05, 4.69) is 15.7 Å². The van der Waals surface area contributed by atoms with Crippen LogP contribution in [0.5, 0.6) is 0 Å². The molecule has 0 atom stereocenters. The average molecular weight is 231 g/mol. The van der Waals surface area contributed by atoms with Gasteiger partial charge in [-0.15, -0.1) is 0 Å². The van der Waals surface area contributed by atoms with Gasteiger partial charge in [0.05, 0.1) is 5.69 Å². The Morgan fingerprint density at radius 1 is 1.60 bits per heavy atom. The number of hydrazine groups is 1. The molecule has 1 aromatic rings. The van der Waals surface area contributed by atoms with Crippen molar-refractivity contribution in [3.05, 3.63) is 29.0 Å². The molecule has 0 fully saturated rings. The minimum atomic E-state index is -0.457. The van der Waals surface area contributed by atoms with E-state index in [4.69, 9.17) is 17.4 Å². The Kier molecular flexibility index (Phi) is 4.33. The molecule has 0 bridgehead atoms. The molecule has 15 heavy (non-hydrogen) atoms. The fourth-order valence-electron chi connectivity index (χ4n) is 0.998.